The first-order valence-electron chi connectivity index (χ1n) is 7.39. The number of hydrogen-bond donors (Lipinski definition) is 2. The summed E-state index contributed by atoms with van der Waals surface area (Å²) < 4.78 is 0. The van der Waals surface area contributed by atoms with E-state index in [9.17, 15) is 0 Å². The molecule has 0 saturated heterocycles. The minimum Gasteiger partial charge on any atom is -0.271 e. The van der Waals surface area contributed by atoms with Crippen molar-refractivity contribution >= 4 is 0 Å². The predicted octanol–water partition coefficient (Wildman–Crippen LogP) is 3.23. The highest BCUT2D eigenvalue weighted by molar-refractivity contribution is 5.37. The first-order valence-corrected chi connectivity index (χ1v) is 7.39. The van der Waals surface area contributed by atoms with Gasteiger partial charge in [-0.05, 0) is 54.9 Å². The third-order valence-corrected chi connectivity index (χ3v) is 4.25. The van der Waals surface area contributed by atoms with Crippen molar-refractivity contribution in [2.45, 2.75) is 38.6 Å². The Hall–Kier alpha value is -1.64. The third kappa shape index (κ3) is 2.77. The minimum absolute atomic E-state index is 0.183. The summed E-state index contributed by atoms with van der Waals surface area (Å²) in [6.45, 7) is 2.13. The monoisotopic (exact) mass is 266 g/mol. The van der Waals surface area contributed by atoms with Gasteiger partial charge in [-0.2, -0.15) is 0 Å². The van der Waals surface area contributed by atoms with Crippen LogP contribution in [0.4, 0.5) is 0 Å². The lowest BCUT2D eigenvalue weighted by Gasteiger charge is -2.18. The summed E-state index contributed by atoms with van der Waals surface area (Å²) in [6.07, 6.45) is 4.66. The number of rotatable bonds is 4. The van der Waals surface area contributed by atoms with E-state index < -0.39 is 0 Å². The summed E-state index contributed by atoms with van der Waals surface area (Å²) in [5.74, 6) is 5.79. The Bertz CT molecular complexity index is 604. The lowest BCUT2D eigenvalue weighted by Crippen LogP contribution is -2.29. The Morgan fingerprint density at radius 2 is 1.95 bits per heavy atom. The normalized spacial score (nSPS) is 15.1. The zero-order chi connectivity index (χ0) is 13.9. The van der Waals surface area contributed by atoms with Crippen LogP contribution in [-0.4, -0.2) is 0 Å². The van der Waals surface area contributed by atoms with Gasteiger partial charge in [-0.15, -0.1) is 0 Å². The highest BCUT2D eigenvalue weighted by Gasteiger charge is 2.15. The molecule has 0 heterocycles. The van der Waals surface area contributed by atoms with Crippen LogP contribution in [0.2, 0.25) is 0 Å². The molecule has 0 aromatic heterocycles. The largest absolute Gasteiger partial charge is 0.271 e. The Kier molecular flexibility index (Phi) is 3.86. The summed E-state index contributed by atoms with van der Waals surface area (Å²) in [5.41, 5.74) is 9.92. The van der Waals surface area contributed by atoms with Gasteiger partial charge in [-0.25, -0.2) is 0 Å². The fourth-order valence-electron chi connectivity index (χ4n) is 3.16. The summed E-state index contributed by atoms with van der Waals surface area (Å²) >= 11 is 0. The molecule has 2 aromatic carbocycles. The molecule has 1 aliphatic carbocycles. The van der Waals surface area contributed by atoms with Crippen LogP contribution in [0.5, 0.6) is 0 Å². The number of benzene rings is 2. The quantitative estimate of drug-likeness (QED) is 0.658. The SMILES string of the molecule is Cc1cccc(CC(NN)c2ccc3c(c2)CCC3)c1. The number of hydrazine groups is 1. The van der Waals surface area contributed by atoms with E-state index in [1.807, 2.05) is 0 Å². The second-order valence-corrected chi connectivity index (χ2v) is 5.79. The molecule has 3 N–H and O–H groups in total. The molecule has 0 aliphatic heterocycles. The van der Waals surface area contributed by atoms with Crippen molar-refractivity contribution in [2.75, 3.05) is 0 Å². The van der Waals surface area contributed by atoms with E-state index in [1.54, 1.807) is 0 Å². The van der Waals surface area contributed by atoms with Gasteiger partial charge in [0.05, 0.1) is 0 Å². The molecule has 2 nitrogen and oxygen atoms in total. The van der Waals surface area contributed by atoms with Gasteiger partial charge < -0.3 is 0 Å². The molecule has 3 rings (SSSR count). The smallest absolute Gasteiger partial charge is 0.0500 e. The zero-order valence-electron chi connectivity index (χ0n) is 12.0. The molecule has 2 aromatic rings. The van der Waals surface area contributed by atoms with Gasteiger partial charge in [-0.3, -0.25) is 11.3 Å². The van der Waals surface area contributed by atoms with Crippen molar-refractivity contribution in [1.29, 1.82) is 0 Å². The zero-order valence-corrected chi connectivity index (χ0v) is 12.0. The first kappa shape index (κ1) is 13.3. The molecule has 0 fully saturated rings. The van der Waals surface area contributed by atoms with E-state index in [2.05, 4.69) is 54.8 Å². The molecule has 0 saturated carbocycles. The van der Waals surface area contributed by atoms with Crippen LogP contribution in [0.15, 0.2) is 42.5 Å². The van der Waals surface area contributed by atoms with Crippen LogP contribution in [0.3, 0.4) is 0 Å². The molecular formula is C18H22N2. The van der Waals surface area contributed by atoms with Gasteiger partial charge in [0.1, 0.15) is 0 Å². The van der Waals surface area contributed by atoms with Crippen LogP contribution in [0, 0.1) is 6.92 Å². The fraction of sp³-hybridized carbons (Fsp3) is 0.333. The number of fused-ring (bicyclic) bond motifs is 1. The molecule has 0 bridgehead atoms. The van der Waals surface area contributed by atoms with Gasteiger partial charge in [0, 0.05) is 6.04 Å². The molecule has 1 aliphatic rings. The van der Waals surface area contributed by atoms with Crippen LogP contribution in [-0.2, 0) is 19.3 Å². The van der Waals surface area contributed by atoms with Crippen LogP contribution < -0.4 is 11.3 Å². The van der Waals surface area contributed by atoms with E-state index in [0.29, 0.717) is 0 Å². The van der Waals surface area contributed by atoms with Gasteiger partial charge in [-0.1, -0.05) is 48.0 Å². The molecule has 0 spiro atoms. The van der Waals surface area contributed by atoms with Crippen LogP contribution in [0.25, 0.3) is 0 Å². The summed E-state index contributed by atoms with van der Waals surface area (Å²) in [7, 11) is 0. The maximum atomic E-state index is 5.79. The maximum Gasteiger partial charge on any atom is 0.0500 e. The third-order valence-electron chi connectivity index (χ3n) is 4.25. The molecular weight excluding hydrogens is 244 g/mol. The lowest BCUT2D eigenvalue weighted by molar-refractivity contribution is 0.551. The minimum atomic E-state index is 0.183. The van der Waals surface area contributed by atoms with Gasteiger partial charge in [0.2, 0.25) is 0 Å². The maximum absolute atomic E-state index is 5.79. The van der Waals surface area contributed by atoms with Crippen molar-refractivity contribution in [1.82, 2.24) is 5.43 Å². The van der Waals surface area contributed by atoms with Crippen LogP contribution in [0.1, 0.15) is 40.3 Å². The van der Waals surface area contributed by atoms with E-state index in [0.717, 1.165) is 6.42 Å². The van der Waals surface area contributed by atoms with E-state index in [-0.39, 0.29) is 6.04 Å². The Labute approximate surface area is 121 Å². The molecule has 0 amide bonds. The second kappa shape index (κ2) is 5.78. The summed E-state index contributed by atoms with van der Waals surface area (Å²) in [6, 6.07) is 15.7. The second-order valence-electron chi connectivity index (χ2n) is 5.79. The van der Waals surface area contributed by atoms with Gasteiger partial charge in [0.15, 0.2) is 0 Å². The number of hydrogen-bond acceptors (Lipinski definition) is 2. The van der Waals surface area contributed by atoms with Crippen LogP contribution >= 0.6 is 0 Å². The molecule has 1 unspecified atom stereocenters. The first-order chi connectivity index (χ1) is 9.76. The highest BCUT2D eigenvalue weighted by Crippen LogP contribution is 2.26. The Balaban J connectivity index is 1.83. The van der Waals surface area contributed by atoms with Crippen molar-refractivity contribution in [3.63, 3.8) is 0 Å². The van der Waals surface area contributed by atoms with E-state index in [4.69, 9.17) is 5.84 Å². The van der Waals surface area contributed by atoms with Gasteiger partial charge in [0.25, 0.3) is 0 Å². The van der Waals surface area contributed by atoms with Crippen molar-refractivity contribution < 1.29 is 0 Å². The number of aryl methyl sites for hydroxylation is 3. The highest BCUT2D eigenvalue weighted by atomic mass is 15.2. The average Bonchev–Trinajstić information content (AvgIpc) is 2.92. The summed E-state index contributed by atoms with van der Waals surface area (Å²) in [5, 5.41) is 0. The predicted molar refractivity (Wildman–Crippen MR) is 83.4 cm³/mol. The summed E-state index contributed by atoms with van der Waals surface area (Å²) in [4.78, 5) is 0. The topological polar surface area (TPSA) is 38.0 Å². The molecule has 104 valence electrons. The van der Waals surface area contributed by atoms with Crippen molar-refractivity contribution in [2.24, 2.45) is 5.84 Å². The molecule has 0 radical (unpaired) electrons. The van der Waals surface area contributed by atoms with Gasteiger partial charge >= 0.3 is 0 Å². The Morgan fingerprint density at radius 3 is 2.75 bits per heavy atom. The van der Waals surface area contributed by atoms with Crippen molar-refractivity contribution in [3.8, 4) is 0 Å². The molecule has 20 heavy (non-hydrogen) atoms. The number of nitrogens with one attached hydrogen (secondary N) is 1. The van der Waals surface area contributed by atoms with Crippen molar-refractivity contribution in [3.05, 3.63) is 70.3 Å². The lowest BCUT2D eigenvalue weighted by atomic mass is 9.96. The standard InChI is InChI=1S/C18H22N2/c1-13-4-2-5-14(10-13)11-18(20-19)17-9-8-15-6-3-7-16(15)12-17/h2,4-5,8-10,12,18,20H,3,6-7,11,19H2,1H3. The molecule has 2 heteroatoms. The average molecular weight is 266 g/mol. The van der Waals surface area contributed by atoms with E-state index >= 15 is 0 Å². The number of nitrogens with two attached hydrogens (primary N) is 1. The molecule has 1 atom stereocenters. The van der Waals surface area contributed by atoms with E-state index in [1.165, 1.54) is 47.1 Å². The Morgan fingerprint density at radius 1 is 1.10 bits per heavy atom. The fourth-order valence-corrected chi connectivity index (χ4v) is 3.16.